The van der Waals surface area contributed by atoms with E-state index < -0.39 is 5.91 Å². The predicted octanol–water partition coefficient (Wildman–Crippen LogP) is 0.459. The predicted molar refractivity (Wildman–Crippen MR) is 80.6 cm³/mol. The maximum Gasteiger partial charge on any atom is 0.262 e. The van der Waals surface area contributed by atoms with Crippen molar-refractivity contribution in [1.29, 1.82) is 0 Å². The van der Waals surface area contributed by atoms with Crippen LogP contribution >= 0.6 is 0 Å². The molecule has 0 aromatic heterocycles. The number of fused-ring (bicyclic) bond motifs is 1. The van der Waals surface area contributed by atoms with Crippen LogP contribution in [0.4, 0.5) is 0 Å². The number of aryl methyl sites for hydroxylation is 1. The molecule has 2 aliphatic rings. The number of carbonyl (C=O) groups excluding carboxylic acids is 3. The van der Waals surface area contributed by atoms with Gasteiger partial charge in [0.25, 0.3) is 11.8 Å². The van der Waals surface area contributed by atoms with Crippen molar-refractivity contribution in [3.63, 3.8) is 0 Å². The number of carbonyl (C=O) groups is 3. The van der Waals surface area contributed by atoms with E-state index in [1.165, 1.54) is 0 Å². The number of rotatable bonds is 3. The molecule has 1 aromatic rings. The molecule has 2 N–H and O–H groups in total. The summed E-state index contributed by atoms with van der Waals surface area (Å²) in [5, 5.41) is 6.09. The average molecular weight is 301 g/mol. The first-order valence-electron chi connectivity index (χ1n) is 7.53. The van der Waals surface area contributed by atoms with Gasteiger partial charge in [0.1, 0.15) is 6.54 Å². The van der Waals surface area contributed by atoms with E-state index in [0.29, 0.717) is 11.1 Å². The number of hydrogen-bond donors (Lipinski definition) is 2. The van der Waals surface area contributed by atoms with Crippen molar-refractivity contribution in [2.24, 2.45) is 0 Å². The van der Waals surface area contributed by atoms with Crippen molar-refractivity contribution in [2.45, 2.75) is 25.8 Å². The van der Waals surface area contributed by atoms with Gasteiger partial charge in [-0.3, -0.25) is 19.3 Å². The molecule has 1 fully saturated rings. The lowest BCUT2D eigenvalue weighted by molar-refractivity contribution is -0.122. The molecule has 2 heterocycles. The zero-order valence-electron chi connectivity index (χ0n) is 12.5. The lowest BCUT2D eigenvalue weighted by atomic mass is 10.1. The standard InChI is InChI=1S/C16H19N3O3/c1-10-4-5-12-13(7-10)16(22)19(15(12)21)9-14(20)18-11-3-2-6-17-8-11/h4-5,7,11,17H,2-3,6,8-9H2,1H3,(H,18,20)/t11-/m0/s1. The molecule has 0 spiro atoms. The molecule has 0 bridgehead atoms. The third kappa shape index (κ3) is 2.74. The molecule has 1 saturated heterocycles. The van der Waals surface area contributed by atoms with Gasteiger partial charge in [0, 0.05) is 12.6 Å². The van der Waals surface area contributed by atoms with Crippen LogP contribution in [0.3, 0.4) is 0 Å². The zero-order chi connectivity index (χ0) is 15.7. The molecule has 0 aliphatic carbocycles. The van der Waals surface area contributed by atoms with Crippen molar-refractivity contribution in [3.8, 4) is 0 Å². The molecule has 0 saturated carbocycles. The van der Waals surface area contributed by atoms with E-state index in [2.05, 4.69) is 10.6 Å². The van der Waals surface area contributed by atoms with Crippen LogP contribution in [0.1, 0.15) is 39.1 Å². The molecule has 6 nitrogen and oxygen atoms in total. The lowest BCUT2D eigenvalue weighted by Crippen LogP contribution is -2.49. The largest absolute Gasteiger partial charge is 0.351 e. The number of benzene rings is 1. The normalized spacial score (nSPS) is 21.0. The van der Waals surface area contributed by atoms with E-state index in [4.69, 9.17) is 0 Å². The minimum Gasteiger partial charge on any atom is -0.351 e. The monoisotopic (exact) mass is 301 g/mol. The van der Waals surface area contributed by atoms with Crippen molar-refractivity contribution >= 4 is 17.7 Å². The second-order valence-electron chi connectivity index (χ2n) is 5.86. The first-order chi connectivity index (χ1) is 10.6. The van der Waals surface area contributed by atoms with Gasteiger partial charge in [-0.15, -0.1) is 0 Å². The molecule has 22 heavy (non-hydrogen) atoms. The Bertz CT molecular complexity index is 636. The Kier molecular flexibility index (Phi) is 3.94. The molecule has 2 aliphatic heterocycles. The second-order valence-corrected chi connectivity index (χ2v) is 5.86. The fourth-order valence-electron chi connectivity index (χ4n) is 2.94. The summed E-state index contributed by atoms with van der Waals surface area (Å²) in [6.45, 7) is 3.34. The summed E-state index contributed by atoms with van der Waals surface area (Å²) in [5.41, 5.74) is 1.68. The Balaban J connectivity index is 1.67. The molecular formula is C16H19N3O3. The Morgan fingerprint density at radius 3 is 2.82 bits per heavy atom. The number of imide groups is 1. The zero-order valence-corrected chi connectivity index (χ0v) is 12.5. The van der Waals surface area contributed by atoms with Crippen LogP contribution < -0.4 is 10.6 Å². The highest BCUT2D eigenvalue weighted by Crippen LogP contribution is 2.23. The quantitative estimate of drug-likeness (QED) is 0.795. The van der Waals surface area contributed by atoms with Gasteiger partial charge < -0.3 is 10.6 Å². The summed E-state index contributed by atoms with van der Waals surface area (Å²) in [4.78, 5) is 37.7. The lowest BCUT2D eigenvalue weighted by Gasteiger charge is -2.24. The Morgan fingerprint density at radius 2 is 2.09 bits per heavy atom. The Hall–Kier alpha value is -2.21. The van der Waals surface area contributed by atoms with Crippen LogP contribution in [0.2, 0.25) is 0 Å². The van der Waals surface area contributed by atoms with Crippen LogP contribution in [0, 0.1) is 6.92 Å². The fourth-order valence-corrected chi connectivity index (χ4v) is 2.94. The van der Waals surface area contributed by atoms with Crippen LogP contribution in [0.5, 0.6) is 0 Å². The molecule has 1 aromatic carbocycles. The summed E-state index contributed by atoms with van der Waals surface area (Å²) in [6, 6.07) is 5.20. The molecule has 6 heteroatoms. The third-order valence-electron chi connectivity index (χ3n) is 4.09. The summed E-state index contributed by atoms with van der Waals surface area (Å²) in [6.07, 6.45) is 1.93. The molecule has 3 amide bonds. The first kappa shape index (κ1) is 14.7. The molecule has 3 rings (SSSR count). The smallest absolute Gasteiger partial charge is 0.262 e. The van der Waals surface area contributed by atoms with E-state index >= 15 is 0 Å². The number of nitrogens with one attached hydrogen (secondary N) is 2. The number of amides is 3. The van der Waals surface area contributed by atoms with E-state index in [1.807, 2.05) is 6.92 Å². The van der Waals surface area contributed by atoms with Crippen LogP contribution in [-0.4, -0.2) is 48.3 Å². The van der Waals surface area contributed by atoms with Gasteiger partial charge in [-0.2, -0.15) is 0 Å². The fraction of sp³-hybridized carbons (Fsp3) is 0.438. The summed E-state index contributed by atoms with van der Waals surface area (Å²) >= 11 is 0. The minimum absolute atomic E-state index is 0.0682. The highest BCUT2D eigenvalue weighted by molar-refractivity contribution is 6.22. The summed E-state index contributed by atoms with van der Waals surface area (Å²) in [7, 11) is 0. The van der Waals surface area contributed by atoms with Gasteiger partial charge in [0.05, 0.1) is 11.1 Å². The van der Waals surface area contributed by atoms with E-state index in [1.54, 1.807) is 18.2 Å². The van der Waals surface area contributed by atoms with Gasteiger partial charge in [-0.25, -0.2) is 0 Å². The summed E-state index contributed by atoms with van der Waals surface area (Å²) in [5.74, 6) is -1.07. The Labute approximate surface area is 128 Å². The third-order valence-corrected chi connectivity index (χ3v) is 4.09. The highest BCUT2D eigenvalue weighted by Gasteiger charge is 2.36. The second kappa shape index (κ2) is 5.88. The maximum absolute atomic E-state index is 12.3. The van der Waals surface area contributed by atoms with Crippen LogP contribution in [-0.2, 0) is 4.79 Å². The van der Waals surface area contributed by atoms with E-state index in [9.17, 15) is 14.4 Å². The van der Waals surface area contributed by atoms with Crippen molar-refractivity contribution in [3.05, 3.63) is 34.9 Å². The van der Waals surface area contributed by atoms with Crippen molar-refractivity contribution in [2.75, 3.05) is 19.6 Å². The minimum atomic E-state index is -0.392. The topological polar surface area (TPSA) is 78.5 Å². The van der Waals surface area contributed by atoms with Gasteiger partial charge >= 0.3 is 0 Å². The first-order valence-corrected chi connectivity index (χ1v) is 7.53. The molecule has 0 radical (unpaired) electrons. The number of piperidine rings is 1. The summed E-state index contributed by atoms with van der Waals surface area (Å²) < 4.78 is 0. The molecule has 1 atom stereocenters. The average Bonchev–Trinajstić information content (AvgIpc) is 2.73. The van der Waals surface area contributed by atoms with Crippen LogP contribution in [0.15, 0.2) is 18.2 Å². The molecular weight excluding hydrogens is 282 g/mol. The van der Waals surface area contributed by atoms with E-state index in [0.717, 1.165) is 36.4 Å². The molecule has 0 unspecified atom stereocenters. The maximum atomic E-state index is 12.3. The van der Waals surface area contributed by atoms with Crippen molar-refractivity contribution in [1.82, 2.24) is 15.5 Å². The van der Waals surface area contributed by atoms with E-state index in [-0.39, 0.29) is 24.4 Å². The molecule has 116 valence electrons. The Morgan fingerprint density at radius 1 is 1.32 bits per heavy atom. The highest BCUT2D eigenvalue weighted by atomic mass is 16.2. The number of hydrogen-bond acceptors (Lipinski definition) is 4. The van der Waals surface area contributed by atoms with Gasteiger partial charge in [0.15, 0.2) is 0 Å². The van der Waals surface area contributed by atoms with Crippen molar-refractivity contribution < 1.29 is 14.4 Å². The van der Waals surface area contributed by atoms with Gasteiger partial charge in [0.2, 0.25) is 5.91 Å². The van der Waals surface area contributed by atoms with Crippen LogP contribution in [0.25, 0.3) is 0 Å². The van der Waals surface area contributed by atoms with Gasteiger partial charge in [-0.1, -0.05) is 11.6 Å². The SMILES string of the molecule is Cc1ccc2c(c1)C(=O)N(CC(=O)N[C@H]1CCCNC1)C2=O. The number of nitrogens with zero attached hydrogens (tertiary/aromatic N) is 1. The van der Waals surface area contributed by atoms with Gasteiger partial charge in [-0.05, 0) is 38.4 Å².